The second kappa shape index (κ2) is 1.18. The van der Waals surface area contributed by atoms with E-state index in [1.54, 1.807) is 5.56 Å². The fraction of sp³-hybridized carbons (Fsp3) is 0.667. The number of nitrogens with zero attached hydrogens (tertiary/aromatic N) is 1. The fourth-order valence-electron chi connectivity index (χ4n) is 19.7. The summed E-state index contributed by atoms with van der Waals surface area (Å²) in [6.45, 7) is -1.92. The standard InChI is InChI=1S/C13H11O2.C8H12N.Fe/c1-15-13(14)12-8-6-11(7-9-12)10-4-2-3-5-10;1-9(2)7-8-5-3-4-6-8;/h2-9H,1H3;3-6H,7H2,1-2H3;. The number of carbonyl (C=O) groups is 1. The zero-order chi connectivity index (χ0) is 16.5. The van der Waals surface area contributed by atoms with Gasteiger partial charge in [-0.3, -0.25) is 0 Å². The van der Waals surface area contributed by atoms with Crippen molar-refractivity contribution in [3.63, 3.8) is 0 Å². The van der Waals surface area contributed by atoms with E-state index in [0.29, 0.717) is 0 Å². The molecule has 10 saturated heterocycles. The van der Waals surface area contributed by atoms with Gasteiger partial charge in [0, 0.05) is 0 Å². The van der Waals surface area contributed by atoms with E-state index >= 15 is 0 Å². The average molecular weight is 377 g/mol. The molecule has 10 heterocycles. The number of benzene rings is 1. The van der Waals surface area contributed by atoms with Crippen LogP contribution in [0.3, 0.4) is 0 Å². The first-order valence-corrected chi connectivity index (χ1v) is 16.0. The topological polar surface area (TPSA) is 29.5 Å². The van der Waals surface area contributed by atoms with Crippen LogP contribution in [0.1, 0.15) is 15.9 Å². The van der Waals surface area contributed by atoms with Crippen molar-refractivity contribution in [2.45, 2.75) is 47.2 Å². The van der Waals surface area contributed by atoms with Crippen molar-refractivity contribution < 1.29 is 16.0 Å². The number of rotatable bonds is 4. The number of hydrogen-bond donors (Lipinski definition) is 0. The van der Waals surface area contributed by atoms with E-state index in [9.17, 15) is 4.79 Å². The van der Waals surface area contributed by atoms with E-state index in [1.807, 2.05) is 0 Å². The Morgan fingerprint density at radius 3 is 2.04 bits per heavy atom. The Labute approximate surface area is 137 Å². The normalized spacial score (nSPS) is 87.7. The first-order chi connectivity index (χ1) is 11.8. The maximum atomic E-state index is 11.9. The molecule has 10 fully saturated rings. The molecule has 11 rings (SSSR count). The van der Waals surface area contributed by atoms with E-state index in [1.165, 1.54) is 52.2 Å². The van der Waals surface area contributed by atoms with Gasteiger partial charge in [0.1, 0.15) is 0 Å². The third-order valence-corrected chi connectivity index (χ3v) is 60.8. The molecule has 0 amide bonds. The van der Waals surface area contributed by atoms with Crippen molar-refractivity contribution in [2.75, 3.05) is 27.7 Å². The quantitative estimate of drug-likeness (QED) is 0.582. The van der Waals surface area contributed by atoms with Crippen molar-refractivity contribution in [1.29, 1.82) is 0 Å². The van der Waals surface area contributed by atoms with Crippen LogP contribution in [0, 0.1) is 0 Å². The number of methoxy groups -OCH3 is 1. The first-order valence-electron chi connectivity index (χ1n) is 9.84. The van der Waals surface area contributed by atoms with Crippen LogP contribution in [0.4, 0.5) is 0 Å². The number of carbonyl (C=O) groups excluding carboxylic acids is 1. The van der Waals surface area contributed by atoms with Crippen molar-refractivity contribution >= 4 is 5.97 Å². The van der Waals surface area contributed by atoms with Gasteiger partial charge in [0.15, 0.2) is 0 Å². The number of ether oxygens (including phenoxy) is 1. The van der Waals surface area contributed by atoms with E-state index in [2.05, 4.69) is 43.3 Å². The Balaban J connectivity index is 1.24. The molecule has 10 aliphatic heterocycles. The summed E-state index contributed by atoms with van der Waals surface area (Å²) in [6, 6.07) is 8.84. The van der Waals surface area contributed by atoms with E-state index in [-0.39, 0.29) is 5.97 Å². The Bertz CT molecular complexity index is 1400. The molecule has 0 bridgehead atoms. The fourth-order valence-corrected chi connectivity index (χ4v) is 96.6. The number of fused-ring (bicyclic) bond motifs is 10. The molecule has 0 radical (unpaired) electrons. The molecule has 10 aliphatic rings. The minimum absolute atomic E-state index is 0.194. The van der Waals surface area contributed by atoms with Gasteiger partial charge in [-0.1, -0.05) is 0 Å². The zero-order valence-corrected chi connectivity index (χ0v) is 15.9. The van der Waals surface area contributed by atoms with Crippen molar-refractivity contribution in [3.8, 4) is 0 Å². The molecule has 8 unspecified atom stereocenters. The minimum atomic E-state index is -3.36. The number of esters is 1. The van der Waals surface area contributed by atoms with Crippen molar-refractivity contribution in [1.82, 2.24) is 4.90 Å². The zero-order valence-electron chi connectivity index (χ0n) is 14.8. The molecule has 132 valence electrons. The summed E-state index contributed by atoms with van der Waals surface area (Å²) in [5.41, 5.74) is 2.41. The first kappa shape index (κ1) is 11.1. The Morgan fingerprint density at radius 2 is 1.60 bits per heavy atom. The second-order valence-electron chi connectivity index (χ2n) is 13.2. The van der Waals surface area contributed by atoms with Crippen LogP contribution in [-0.2, 0) is 15.6 Å². The Kier molecular flexibility index (Phi) is 0.525. The predicted molar refractivity (Wildman–Crippen MR) is 90.7 cm³/mol. The van der Waals surface area contributed by atoms with Gasteiger partial charge in [-0.25, -0.2) is 0 Å². The molecule has 4 heteroatoms. The summed E-state index contributed by atoms with van der Waals surface area (Å²) < 4.78 is 6.55. The Morgan fingerprint density at radius 1 is 1.04 bits per heavy atom. The monoisotopic (exact) mass is 377 g/mol. The van der Waals surface area contributed by atoms with Crippen LogP contribution in [0.5, 0.6) is 0 Å². The third-order valence-electron chi connectivity index (χ3n) is 17.4. The molecular formula is C21H23FeNO2. The Hall–Kier alpha value is -0.831. The predicted octanol–water partition coefficient (Wildman–Crippen LogP) is 4.20. The van der Waals surface area contributed by atoms with Crippen LogP contribution in [0.25, 0.3) is 0 Å². The van der Waals surface area contributed by atoms with Gasteiger partial charge in [0.05, 0.1) is 0 Å². The molecule has 0 saturated carbocycles. The summed E-state index contributed by atoms with van der Waals surface area (Å²) in [7, 11) is 6.12. The van der Waals surface area contributed by atoms with E-state index < -0.39 is 6.51 Å². The number of hydrogen-bond acceptors (Lipinski definition) is 3. The van der Waals surface area contributed by atoms with Gasteiger partial charge in [-0.15, -0.1) is 0 Å². The van der Waals surface area contributed by atoms with Crippen LogP contribution in [0.2, 0.25) is 42.8 Å². The van der Waals surface area contributed by atoms with Gasteiger partial charge in [0.25, 0.3) is 0 Å². The molecule has 8 atom stereocenters. The SMILES string of the molecule is COC(=O)c1ccc([C]23[CH]4[CH]5[CH]6[CH]2[Fe]56432789[CH]3[CH]2[CH]7[C]8(CN(C)C)[CH]39)cc1. The average Bonchev–Trinajstić information content (AvgIpc) is 3.55. The van der Waals surface area contributed by atoms with Gasteiger partial charge >= 0.3 is 137 Å². The summed E-state index contributed by atoms with van der Waals surface area (Å²) in [4.78, 5) is 24.7. The van der Waals surface area contributed by atoms with Gasteiger partial charge in [0.2, 0.25) is 0 Å². The summed E-state index contributed by atoms with van der Waals surface area (Å²) in [5.74, 6) is -0.194. The second-order valence-corrected chi connectivity index (χ2v) is 36.6. The van der Waals surface area contributed by atoms with Gasteiger partial charge in [-0.05, 0) is 0 Å². The van der Waals surface area contributed by atoms with Crippen LogP contribution < -0.4 is 0 Å². The van der Waals surface area contributed by atoms with Gasteiger partial charge in [-0.2, -0.15) is 0 Å². The molecule has 0 aromatic heterocycles. The van der Waals surface area contributed by atoms with E-state index in [0.717, 1.165) is 14.2 Å². The molecular weight excluding hydrogens is 354 g/mol. The molecule has 3 nitrogen and oxygen atoms in total. The summed E-state index contributed by atoms with van der Waals surface area (Å²) in [5, 5.41) is 0. The molecule has 0 N–H and O–H groups in total. The maximum absolute atomic E-state index is 11.9. The summed E-state index contributed by atoms with van der Waals surface area (Å²) in [6.07, 6.45) is 0. The van der Waals surface area contributed by atoms with Crippen molar-refractivity contribution in [2.24, 2.45) is 0 Å². The van der Waals surface area contributed by atoms with Crippen LogP contribution in [-0.4, -0.2) is 38.6 Å². The summed E-state index contributed by atoms with van der Waals surface area (Å²) >= 11 is 0. The van der Waals surface area contributed by atoms with Crippen LogP contribution >= 0.6 is 0 Å². The van der Waals surface area contributed by atoms with Gasteiger partial charge < -0.3 is 0 Å². The van der Waals surface area contributed by atoms with Crippen molar-refractivity contribution in [3.05, 3.63) is 35.4 Å². The molecule has 1 spiro atoms. The molecule has 1 aromatic rings. The molecule has 0 aliphatic carbocycles. The third kappa shape index (κ3) is 0.163. The molecule has 25 heavy (non-hydrogen) atoms. The van der Waals surface area contributed by atoms with E-state index in [4.69, 9.17) is 4.74 Å². The van der Waals surface area contributed by atoms with Crippen LogP contribution in [0.15, 0.2) is 24.3 Å². The molecule has 1 aromatic carbocycles.